The lowest BCUT2D eigenvalue weighted by Gasteiger charge is -2.28. The van der Waals surface area contributed by atoms with Crippen molar-refractivity contribution in [2.75, 3.05) is 13.1 Å². The van der Waals surface area contributed by atoms with Crippen LogP contribution in [0.25, 0.3) is 0 Å². The van der Waals surface area contributed by atoms with Crippen LogP contribution in [0.2, 0.25) is 0 Å². The monoisotopic (exact) mass is 286 g/mol. The van der Waals surface area contributed by atoms with Crippen molar-refractivity contribution in [1.29, 1.82) is 0 Å². The highest BCUT2D eigenvalue weighted by atomic mass is 16.4. The lowest BCUT2D eigenvalue weighted by atomic mass is 10.2. The molecule has 0 aliphatic heterocycles. The van der Waals surface area contributed by atoms with Gasteiger partial charge in [0.2, 0.25) is 0 Å². The van der Waals surface area contributed by atoms with Crippen LogP contribution in [0.1, 0.15) is 65.7 Å². The number of rotatable bonds is 11. The molecule has 0 aromatic heterocycles. The number of hydrogen-bond donors (Lipinski definition) is 2. The van der Waals surface area contributed by atoms with Crippen LogP contribution in [0.15, 0.2) is 0 Å². The first-order valence-electron chi connectivity index (χ1n) is 7.79. The molecule has 0 bridgehead atoms. The summed E-state index contributed by atoms with van der Waals surface area (Å²) in [6.45, 7) is 7.70. The van der Waals surface area contributed by atoms with Gasteiger partial charge in [0.05, 0.1) is 0 Å². The van der Waals surface area contributed by atoms with Gasteiger partial charge in [-0.2, -0.15) is 0 Å². The van der Waals surface area contributed by atoms with Gasteiger partial charge in [-0.3, -0.25) is 4.79 Å². The summed E-state index contributed by atoms with van der Waals surface area (Å²) in [7, 11) is 0. The summed E-state index contributed by atoms with van der Waals surface area (Å²) in [5.41, 5.74) is 0. The molecular weight excluding hydrogens is 256 g/mol. The number of carbonyl (C=O) groups excluding carboxylic acids is 1. The smallest absolute Gasteiger partial charge is 0.317 e. The molecule has 0 rings (SSSR count). The molecular formula is C15H30N2O3. The van der Waals surface area contributed by atoms with Crippen LogP contribution in [-0.4, -0.2) is 41.1 Å². The summed E-state index contributed by atoms with van der Waals surface area (Å²) in [5, 5.41) is 11.5. The van der Waals surface area contributed by atoms with E-state index in [1.165, 1.54) is 0 Å². The molecule has 0 radical (unpaired) electrons. The summed E-state index contributed by atoms with van der Waals surface area (Å²) in [6.07, 6.45) is 5.62. The van der Waals surface area contributed by atoms with Gasteiger partial charge in [-0.05, 0) is 32.6 Å². The number of nitrogens with zero attached hydrogens (tertiary/aromatic N) is 1. The van der Waals surface area contributed by atoms with E-state index in [4.69, 9.17) is 5.11 Å². The van der Waals surface area contributed by atoms with Crippen molar-refractivity contribution >= 4 is 12.0 Å². The van der Waals surface area contributed by atoms with E-state index in [9.17, 15) is 9.59 Å². The molecule has 2 N–H and O–H groups in total. The number of nitrogens with one attached hydrogen (secondary N) is 1. The molecule has 0 aliphatic rings. The van der Waals surface area contributed by atoms with Crippen molar-refractivity contribution in [3.8, 4) is 0 Å². The van der Waals surface area contributed by atoms with E-state index in [0.717, 1.165) is 38.6 Å². The molecule has 118 valence electrons. The molecule has 0 saturated carbocycles. The van der Waals surface area contributed by atoms with Gasteiger partial charge in [0.25, 0.3) is 0 Å². The standard InChI is InChI=1S/C15H30N2O3/c1-4-6-12-17(13(3)5-2)15(20)16-11-9-7-8-10-14(18)19/h13H,4-12H2,1-3H3,(H,16,20)(H,18,19). The largest absolute Gasteiger partial charge is 0.481 e. The van der Waals surface area contributed by atoms with Crippen LogP contribution >= 0.6 is 0 Å². The Bertz CT molecular complexity index is 282. The molecule has 5 nitrogen and oxygen atoms in total. The molecule has 0 aromatic carbocycles. The number of carboxylic acids is 1. The number of carbonyl (C=O) groups is 2. The normalized spacial score (nSPS) is 11.9. The second-order valence-corrected chi connectivity index (χ2v) is 5.24. The van der Waals surface area contributed by atoms with Gasteiger partial charge in [0.15, 0.2) is 0 Å². The molecule has 0 heterocycles. The van der Waals surface area contributed by atoms with Crippen LogP contribution in [0.4, 0.5) is 4.79 Å². The Morgan fingerprint density at radius 3 is 2.40 bits per heavy atom. The predicted octanol–water partition coefficient (Wildman–Crippen LogP) is 3.24. The molecule has 0 saturated heterocycles. The van der Waals surface area contributed by atoms with Gasteiger partial charge in [0, 0.05) is 25.6 Å². The van der Waals surface area contributed by atoms with Gasteiger partial charge < -0.3 is 15.3 Å². The lowest BCUT2D eigenvalue weighted by Crippen LogP contribution is -2.45. The van der Waals surface area contributed by atoms with E-state index >= 15 is 0 Å². The van der Waals surface area contributed by atoms with Crippen LogP contribution in [-0.2, 0) is 4.79 Å². The third-order valence-electron chi connectivity index (χ3n) is 3.48. The molecule has 0 fully saturated rings. The van der Waals surface area contributed by atoms with E-state index in [0.29, 0.717) is 13.0 Å². The Balaban J connectivity index is 3.91. The number of unbranched alkanes of at least 4 members (excludes halogenated alkanes) is 3. The SMILES string of the molecule is CCCCN(C(=O)NCCCCCC(=O)O)C(C)CC. The Morgan fingerprint density at radius 2 is 1.85 bits per heavy atom. The Labute approximate surface area is 122 Å². The van der Waals surface area contributed by atoms with Crippen LogP contribution in [0, 0.1) is 0 Å². The van der Waals surface area contributed by atoms with Crippen molar-refractivity contribution in [2.24, 2.45) is 0 Å². The fourth-order valence-electron chi connectivity index (χ4n) is 1.95. The summed E-state index contributed by atoms with van der Waals surface area (Å²) >= 11 is 0. The first-order chi connectivity index (χ1) is 9.52. The van der Waals surface area contributed by atoms with Gasteiger partial charge >= 0.3 is 12.0 Å². The second kappa shape index (κ2) is 11.6. The Morgan fingerprint density at radius 1 is 1.15 bits per heavy atom. The summed E-state index contributed by atoms with van der Waals surface area (Å²) < 4.78 is 0. The van der Waals surface area contributed by atoms with Crippen molar-refractivity contribution < 1.29 is 14.7 Å². The van der Waals surface area contributed by atoms with E-state index in [-0.39, 0.29) is 18.5 Å². The number of carboxylic acid groups (broad SMARTS) is 1. The molecule has 1 unspecified atom stereocenters. The molecule has 5 heteroatoms. The van der Waals surface area contributed by atoms with E-state index in [2.05, 4.69) is 26.1 Å². The molecule has 1 atom stereocenters. The third-order valence-corrected chi connectivity index (χ3v) is 3.48. The topological polar surface area (TPSA) is 69.6 Å². The van der Waals surface area contributed by atoms with E-state index < -0.39 is 5.97 Å². The minimum absolute atomic E-state index is 0.00559. The van der Waals surface area contributed by atoms with Gasteiger partial charge in [-0.25, -0.2) is 4.79 Å². The quantitative estimate of drug-likeness (QED) is 0.573. The highest BCUT2D eigenvalue weighted by Gasteiger charge is 2.17. The zero-order valence-corrected chi connectivity index (χ0v) is 13.2. The fourth-order valence-corrected chi connectivity index (χ4v) is 1.95. The zero-order valence-electron chi connectivity index (χ0n) is 13.2. The van der Waals surface area contributed by atoms with Crippen molar-refractivity contribution in [3.05, 3.63) is 0 Å². The average molecular weight is 286 g/mol. The van der Waals surface area contributed by atoms with Gasteiger partial charge in [-0.15, -0.1) is 0 Å². The Kier molecular flexibility index (Phi) is 10.8. The molecule has 20 heavy (non-hydrogen) atoms. The fraction of sp³-hybridized carbons (Fsp3) is 0.867. The van der Waals surface area contributed by atoms with Gasteiger partial charge in [0.1, 0.15) is 0 Å². The maximum Gasteiger partial charge on any atom is 0.317 e. The van der Waals surface area contributed by atoms with Crippen LogP contribution in [0.3, 0.4) is 0 Å². The summed E-state index contributed by atoms with van der Waals surface area (Å²) in [4.78, 5) is 24.4. The van der Waals surface area contributed by atoms with Crippen LogP contribution < -0.4 is 5.32 Å². The van der Waals surface area contributed by atoms with Crippen molar-refractivity contribution in [1.82, 2.24) is 10.2 Å². The maximum atomic E-state index is 12.1. The van der Waals surface area contributed by atoms with Crippen molar-refractivity contribution in [3.63, 3.8) is 0 Å². The number of hydrogen-bond acceptors (Lipinski definition) is 2. The number of urea groups is 1. The summed E-state index contributed by atoms with van der Waals surface area (Å²) in [6, 6.07) is 0.264. The number of amides is 2. The molecule has 0 spiro atoms. The molecule has 0 aliphatic carbocycles. The molecule has 0 aromatic rings. The lowest BCUT2D eigenvalue weighted by molar-refractivity contribution is -0.137. The highest BCUT2D eigenvalue weighted by Crippen LogP contribution is 2.06. The zero-order chi connectivity index (χ0) is 15.4. The second-order valence-electron chi connectivity index (χ2n) is 5.24. The average Bonchev–Trinajstić information content (AvgIpc) is 2.42. The minimum atomic E-state index is -0.753. The van der Waals surface area contributed by atoms with Crippen LogP contribution in [0.5, 0.6) is 0 Å². The maximum absolute atomic E-state index is 12.1. The first kappa shape index (κ1) is 18.7. The van der Waals surface area contributed by atoms with Gasteiger partial charge in [-0.1, -0.05) is 26.7 Å². The Hall–Kier alpha value is -1.26. The minimum Gasteiger partial charge on any atom is -0.481 e. The first-order valence-corrected chi connectivity index (χ1v) is 7.79. The third kappa shape index (κ3) is 8.77. The molecule has 2 amide bonds. The number of aliphatic carboxylic acids is 1. The van der Waals surface area contributed by atoms with Crippen molar-refractivity contribution in [2.45, 2.75) is 71.8 Å². The predicted molar refractivity (Wildman–Crippen MR) is 80.9 cm³/mol. The summed E-state index contributed by atoms with van der Waals surface area (Å²) in [5.74, 6) is -0.753. The van der Waals surface area contributed by atoms with E-state index in [1.807, 2.05) is 4.90 Å². The highest BCUT2D eigenvalue weighted by molar-refractivity contribution is 5.74. The van der Waals surface area contributed by atoms with E-state index in [1.54, 1.807) is 0 Å².